The van der Waals surface area contributed by atoms with Crippen molar-refractivity contribution in [2.45, 2.75) is 13.5 Å². The average molecular weight is 292 g/mol. The van der Waals surface area contributed by atoms with Crippen LogP contribution in [0.25, 0.3) is 0 Å². The Morgan fingerprint density at radius 3 is 2.95 bits per heavy atom. The van der Waals surface area contributed by atoms with Gasteiger partial charge in [-0.05, 0) is 18.6 Å². The van der Waals surface area contributed by atoms with Crippen LogP contribution < -0.4 is 10.6 Å². The summed E-state index contributed by atoms with van der Waals surface area (Å²) in [5.41, 5.74) is 0.600. The number of benzene rings is 1. The monoisotopic (exact) mass is 292 g/mol. The number of nitrogens with one attached hydrogen (secondary N) is 2. The van der Waals surface area contributed by atoms with Gasteiger partial charge in [-0.1, -0.05) is 12.1 Å². The van der Waals surface area contributed by atoms with Crippen LogP contribution in [-0.4, -0.2) is 29.5 Å². The second-order valence-corrected chi connectivity index (χ2v) is 4.47. The van der Waals surface area contributed by atoms with Gasteiger partial charge in [0, 0.05) is 19.4 Å². The summed E-state index contributed by atoms with van der Waals surface area (Å²) in [5.74, 6) is -0.0602. The molecule has 0 bridgehead atoms. The molecule has 0 aliphatic heterocycles. The molecule has 0 unspecified atom stereocenters. The first-order chi connectivity index (χ1) is 10.1. The van der Waals surface area contributed by atoms with Crippen molar-refractivity contribution in [3.05, 3.63) is 41.8 Å². The quantitative estimate of drug-likeness (QED) is 0.890. The van der Waals surface area contributed by atoms with Gasteiger partial charge in [0.05, 0.1) is 18.8 Å². The molecule has 0 fully saturated rings. The lowest BCUT2D eigenvalue weighted by Gasteiger charge is -2.08. The molecule has 21 heavy (non-hydrogen) atoms. The Kier molecular flexibility index (Phi) is 4.89. The van der Waals surface area contributed by atoms with Gasteiger partial charge in [-0.25, -0.2) is 9.18 Å². The molecule has 1 aromatic heterocycles. The van der Waals surface area contributed by atoms with Crippen LogP contribution in [0.4, 0.5) is 20.7 Å². The van der Waals surface area contributed by atoms with Crippen LogP contribution in [0.15, 0.2) is 30.5 Å². The van der Waals surface area contributed by atoms with Gasteiger partial charge in [0.15, 0.2) is 5.82 Å². The summed E-state index contributed by atoms with van der Waals surface area (Å²) in [6.45, 7) is 2.75. The molecule has 0 radical (unpaired) electrons. The van der Waals surface area contributed by atoms with E-state index in [0.29, 0.717) is 24.5 Å². The van der Waals surface area contributed by atoms with Gasteiger partial charge in [0.25, 0.3) is 0 Å². The van der Waals surface area contributed by atoms with Crippen LogP contribution in [0.5, 0.6) is 0 Å². The number of amides is 2. The highest BCUT2D eigenvalue weighted by Gasteiger charge is 2.09. The molecule has 2 rings (SSSR count). The first-order valence-corrected chi connectivity index (χ1v) is 6.45. The number of ether oxygens (including phenoxy) is 1. The molecule has 0 spiro atoms. The summed E-state index contributed by atoms with van der Waals surface area (Å²) in [4.78, 5) is 11.8. The zero-order valence-corrected chi connectivity index (χ0v) is 11.9. The van der Waals surface area contributed by atoms with E-state index in [2.05, 4.69) is 15.7 Å². The Bertz CT molecular complexity index is 627. The van der Waals surface area contributed by atoms with Gasteiger partial charge in [-0.15, -0.1) is 0 Å². The third-order valence-electron chi connectivity index (χ3n) is 2.85. The number of urea groups is 1. The number of nitrogens with zero attached hydrogens (tertiary/aromatic N) is 2. The van der Waals surface area contributed by atoms with Crippen LogP contribution in [0.1, 0.15) is 5.56 Å². The standard InChI is InChI=1S/C14H17FN4O2/c1-10-4-3-5-11(13(10)15)16-14(20)17-12-6-7-19(18-12)8-9-21-2/h3-7H,8-9H2,1-2H3,(H2,16,17,18,20). The summed E-state index contributed by atoms with van der Waals surface area (Å²) < 4.78 is 20.4. The minimum atomic E-state index is -0.545. The van der Waals surface area contributed by atoms with Crippen molar-refractivity contribution in [2.75, 3.05) is 24.4 Å². The van der Waals surface area contributed by atoms with Crippen LogP contribution in [0.3, 0.4) is 0 Å². The summed E-state index contributed by atoms with van der Waals surface area (Å²) in [5, 5.41) is 9.14. The zero-order valence-electron chi connectivity index (χ0n) is 11.9. The normalized spacial score (nSPS) is 10.4. The first-order valence-electron chi connectivity index (χ1n) is 6.45. The largest absolute Gasteiger partial charge is 0.383 e. The van der Waals surface area contributed by atoms with Gasteiger partial charge < -0.3 is 10.1 Å². The van der Waals surface area contributed by atoms with Gasteiger partial charge in [0.1, 0.15) is 5.82 Å². The van der Waals surface area contributed by atoms with E-state index in [1.807, 2.05) is 0 Å². The SMILES string of the molecule is COCCn1ccc(NC(=O)Nc2cccc(C)c2F)n1. The molecule has 1 aromatic carbocycles. The number of hydrogen-bond acceptors (Lipinski definition) is 3. The van der Waals surface area contributed by atoms with Crippen molar-refractivity contribution in [3.8, 4) is 0 Å². The van der Waals surface area contributed by atoms with Crippen LogP contribution in [0.2, 0.25) is 0 Å². The molecule has 112 valence electrons. The summed E-state index contributed by atoms with van der Waals surface area (Å²) >= 11 is 0. The number of hydrogen-bond donors (Lipinski definition) is 2. The molecule has 2 aromatic rings. The number of anilines is 2. The minimum Gasteiger partial charge on any atom is -0.383 e. The fourth-order valence-electron chi connectivity index (χ4n) is 1.75. The Morgan fingerprint density at radius 1 is 1.38 bits per heavy atom. The highest BCUT2D eigenvalue weighted by molar-refractivity contribution is 5.99. The van der Waals surface area contributed by atoms with Crippen molar-refractivity contribution in [1.29, 1.82) is 0 Å². The number of aromatic nitrogens is 2. The number of halogens is 1. The van der Waals surface area contributed by atoms with Crippen molar-refractivity contribution < 1.29 is 13.9 Å². The maximum atomic E-state index is 13.8. The second kappa shape index (κ2) is 6.85. The Labute approximate surface area is 121 Å². The lowest BCUT2D eigenvalue weighted by molar-refractivity contribution is 0.183. The van der Waals surface area contributed by atoms with Gasteiger partial charge >= 0.3 is 6.03 Å². The Morgan fingerprint density at radius 2 is 2.19 bits per heavy atom. The number of methoxy groups -OCH3 is 1. The third-order valence-corrected chi connectivity index (χ3v) is 2.85. The maximum Gasteiger partial charge on any atom is 0.324 e. The molecule has 0 saturated carbocycles. The van der Waals surface area contributed by atoms with E-state index in [0.717, 1.165) is 0 Å². The van der Waals surface area contributed by atoms with E-state index < -0.39 is 11.8 Å². The minimum absolute atomic E-state index is 0.131. The number of carbonyl (C=O) groups excluding carboxylic acids is 1. The first kappa shape index (κ1) is 15.0. The smallest absolute Gasteiger partial charge is 0.324 e. The summed E-state index contributed by atoms with van der Waals surface area (Å²) in [6, 6.07) is 5.92. The maximum absolute atomic E-state index is 13.8. The molecule has 0 saturated heterocycles. The number of carbonyl (C=O) groups is 1. The lowest BCUT2D eigenvalue weighted by Crippen LogP contribution is -2.20. The Balaban J connectivity index is 1.95. The summed E-state index contributed by atoms with van der Waals surface area (Å²) in [7, 11) is 1.60. The second-order valence-electron chi connectivity index (χ2n) is 4.47. The molecule has 0 aliphatic rings. The summed E-state index contributed by atoms with van der Waals surface area (Å²) in [6.07, 6.45) is 1.72. The molecule has 0 atom stereocenters. The third kappa shape index (κ3) is 4.03. The molecule has 1 heterocycles. The van der Waals surface area contributed by atoms with Gasteiger partial charge in [-0.2, -0.15) is 5.10 Å². The number of rotatable bonds is 5. The van der Waals surface area contributed by atoms with Gasteiger partial charge in [0.2, 0.25) is 0 Å². The van der Waals surface area contributed by atoms with E-state index in [-0.39, 0.29) is 5.69 Å². The van der Waals surface area contributed by atoms with E-state index >= 15 is 0 Å². The molecule has 2 N–H and O–H groups in total. The highest BCUT2D eigenvalue weighted by Crippen LogP contribution is 2.17. The zero-order chi connectivity index (χ0) is 15.2. The van der Waals surface area contributed by atoms with E-state index in [1.54, 1.807) is 43.1 Å². The predicted octanol–water partition coefficient (Wildman–Crippen LogP) is 2.62. The molecule has 7 heteroatoms. The fraction of sp³-hybridized carbons (Fsp3) is 0.286. The molecule has 0 aliphatic carbocycles. The van der Waals surface area contributed by atoms with Crippen LogP contribution in [0, 0.1) is 12.7 Å². The van der Waals surface area contributed by atoms with Crippen LogP contribution >= 0.6 is 0 Å². The number of aryl methyl sites for hydroxylation is 1. The predicted molar refractivity (Wildman–Crippen MR) is 77.9 cm³/mol. The lowest BCUT2D eigenvalue weighted by atomic mass is 10.2. The Hall–Kier alpha value is -2.41. The van der Waals surface area contributed by atoms with Crippen LogP contribution in [-0.2, 0) is 11.3 Å². The fourth-order valence-corrected chi connectivity index (χ4v) is 1.75. The topological polar surface area (TPSA) is 68.2 Å². The van der Waals surface area contributed by atoms with Crippen molar-refractivity contribution in [2.24, 2.45) is 0 Å². The van der Waals surface area contributed by atoms with Gasteiger partial charge in [-0.3, -0.25) is 10.00 Å². The van der Waals surface area contributed by atoms with Crippen molar-refractivity contribution >= 4 is 17.5 Å². The van der Waals surface area contributed by atoms with Crippen molar-refractivity contribution in [3.63, 3.8) is 0 Å². The molecular formula is C14H17FN4O2. The van der Waals surface area contributed by atoms with E-state index in [1.165, 1.54) is 6.07 Å². The molecule has 6 nitrogen and oxygen atoms in total. The average Bonchev–Trinajstić information content (AvgIpc) is 2.89. The molecular weight excluding hydrogens is 275 g/mol. The van der Waals surface area contributed by atoms with E-state index in [4.69, 9.17) is 4.74 Å². The highest BCUT2D eigenvalue weighted by atomic mass is 19.1. The molecule has 2 amide bonds. The van der Waals surface area contributed by atoms with Crippen molar-refractivity contribution in [1.82, 2.24) is 9.78 Å². The van der Waals surface area contributed by atoms with E-state index in [9.17, 15) is 9.18 Å².